The largest absolute Gasteiger partial charge is 0.375 e. The van der Waals surface area contributed by atoms with Crippen molar-refractivity contribution in [3.05, 3.63) is 23.8 Å². The lowest BCUT2D eigenvalue weighted by atomic mass is 10.2. The molecule has 0 amide bonds. The van der Waals surface area contributed by atoms with Gasteiger partial charge in [-0.25, -0.2) is 4.98 Å². The smallest absolute Gasteiger partial charge is 0.181 e. The van der Waals surface area contributed by atoms with E-state index in [1.165, 1.54) is 16.7 Å². The molecule has 1 aliphatic carbocycles. The first-order valence-electron chi connectivity index (χ1n) is 5.61. The molecule has 1 saturated carbocycles. The second kappa shape index (κ2) is 3.71. The quantitative estimate of drug-likeness (QED) is 0.855. The van der Waals surface area contributed by atoms with Gasteiger partial charge in [0, 0.05) is 12.6 Å². The van der Waals surface area contributed by atoms with Crippen LogP contribution in [0.2, 0.25) is 0 Å². The van der Waals surface area contributed by atoms with Gasteiger partial charge in [-0.2, -0.15) is 0 Å². The molecule has 0 saturated heterocycles. The van der Waals surface area contributed by atoms with Crippen LogP contribution in [0.25, 0.3) is 10.2 Å². The minimum absolute atomic E-state index is 0.649. The third-order valence-corrected chi connectivity index (χ3v) is 3.99. The van der Waals surface area contributed by atoms with Crippen molar-refractivity contribution in [1.29, 1.82) is 0 Å². The lowest BCUT2D eigenvalue weighted by molar-refractivity contribution is 0.653. The molecule has 1 aromatic heterocycles. The molecule has 1 aromatic carbocycles. The summed E-state index contributed by atoms with van der Waals surface area (Å²) in [4.78, 5) is 4.25. The summed E-state index contributed by atoms with van der Waals surface area (Å²) in [6, 6.07) is 7.09. The molecule has 0 aliphatic heterocycles. The molecule has 84 valence electrons. The maximum Gasteiger partial charge on any atom is 0.181 e. The van der Waals surface area contributed by atoms with E-state index in [0.717, 1.165) is 24.0 Å². The van der Waals surface area contributed by atoms with E-state index in [1.54, 1.807) is 11.3 Å². The van der Waals surface area contributed by atoms with Crippen LogP contribution >= 0.6 is 11.3 Å². The predicted octanol–water partition coefficient (Wildman–Crippen LogP) is 2.38. The van der Waals surface area contributed by atoms with E-state index < -0.39 is 0 Å². The Morgan fingerprint density at radius 3 is 3.12 bits per heavy atom. The number of nitrogens with zero attached hydrogens (tertiary/aromatic N) is 1. The maximum absolute atomic E-state index is 5.68. The summed E-state index contributed by atoms with van der Waals surface area (Å²) >= 11 is 1.56. The molecule has 3 rings (SSSR count). The molecule has 0 spiro atoms. The van der Waals surface area contributed by atoms with Crippen molar-refractivity contribution in [1.82, 2.24) is 10.3 Å². The van der Waals surface area contributed by atoms with Crippen LogP contribution in [0.15, 0.2) is 18.2 Å². The van der Waals surface area contributed by atoms with E-state index in [4.69, 9.17) is 5.73 Å². The van der Waals surface area contributed by atoms with E-state index in [-0.39, 0.29) is 0 Å². The van der Waals surface area contributed by atoms with Gasteiger partial charge >= 0.3 is 0 Å². The molecule has 2 aromatic rings. The molecule has 3 N–H and O–H groups in total. The summed E-state index contributed by atoms with van der Waals surface area (Å²) in [5.74, 6) is 0.850. The van der Waals surface area contributed by atoms with Gasteiger partial charge in [0.1, 0.15) is 0 Å². The zero-order valence-electron chi connectivity index (χ0n) is 9.23. The van der Waals surface area contributed by atoms with Gasteiger partial charge < -0.3 is 11.1 Å². The summed E-state index contributed by atoms with van der Waals surface area (Å²) in [6.45, 7) is 3.23. The highest BCUT2D eigenvalue weighted by molar-refractivity contribution is 7.22. The molecule has 1 heterocycles. The zero-order chi connectivity index (χ0) is 11.1. The molecule has 3 nitrogen and oxygen atoms in total. The SMILES string of the molecule is CC1CC1NCc1ccc2nc(N)sc2c1. The average Bonchev–Trinajstić information content (AvgIpc) is 2.82. The maximum atomic E-state index is 5.68. The van der Waals surface area contributed by atoms with E-state index >= 15 is 0 Å². The van der Waals surface area contributed by atoms with Crippen molar-refractivity contribution < 1.29 is 0 Å². The van der Waals surface area contributed by atoms with Crippen molar-refractivity contribution in [2.75, 3.05) is 5.73 Å². The van der Waals surface area contributed by atoms with Crippen LogP contribution in [0.3, 0.4) is 0 Å². The van der Waals surface area contributed by atoms with E-state index in [0.29, 0.717) is 5.13 Å². The van der Waals surface area contributed by atoms with Crippen molar-refractivity contribution in [3.63, 3.8) is 0 Å². The first-order chi connectivity index (χ1) is 7.72. The molecule has 2 unspecified atom stereocenters. The number of rotatable bonds is 3. The van der Waals surface area contributed by atoms with Gasteiger partial charge in [0.25, 0.3) is 0 Å². The molecule has 0 radical (unpaired) electrons. The number of nitrogens with two attached hydrogens (primary N) is 1. The monoisotopic (exact) mass is 233 g/mol. The second-order valence-corrected chi connectivity index (χ2v) is 5.62. The van der Waals surface area contributed by atoms with E-state index in [2.05, 4.69) is 35.4 Å². The van der Waals surface area contributed by atoms with Gasteiger partial charge in [-0.15, -0.1) is 0 Å². The lowest BCUT2D eigenvalue weighted by Gasteiger charge is -2.03. The number of hydrogen-bond donors (Lipinski definition) is 2. The minimum atomic E-state index is 0.649. The first-order valence-corrected chi connectivity index (χ1v) is 6.42. The number of aromatic nitrogens is 1. The van der Waals surface area contributed by atoms with E-state index in [1.807, 2.05) is 0 Å². The fourth-order valence-electron chi connectivity index (χ4n) is 1.95. The number of anilines is 1. The van der Waals surface area contributed by atoms with Crippen LogP contribution in [-0.4, -0.2) is 11.0 Å². The van der Waals surface area contributed by atoms with Gasteiger partial charge in [-0.1, -0.05) is 24.3 Å². The number of hydrogen-bond acceptors (Lipinski definition) is 4. The van der Waals surface area contributed by atoms with E-state index in [9.17, 15) is 0 Å². The standard InChI is InChI=1S/C12H15N3S/c1-7-4-10(7)14-6-8-2-3-9-11(5-8)16-12(13)15-9/h2-3,5,7,10,14H,4,6H2,1H3,(H2,13,15). The number of fused-ring (bicyclic) bond motifs is 1. The Morgan fingerprint density at radius 2 is 2.38 bits per heavy atom. The third-order valence-electron chi connectivity index (χ3n) is 3.15. The van der Waals surface area contributed by atoms with Crippen molar-refractivity contribution in [3.8, 4) is 0 Å². The summed E-state index contributed by atoms with van der Waals surface area (Å²) in [7, 11) is 0. The van der Waals surface area contributed by atoms with Crippen molar-refractivity contribution in [2.45, 2.75) is 25.9 Å². The number of nitrogen functional groups attached to an aromatic ring is 1. The molecule has 1 fully saturated rings. The Labute approximate surface area is 98.7 Å². The molecular weight excluding hydrogens is 218 g/mol. The fraction of sp³-hybridized carbons (Fsp3) is 0.417. The van der Waals surface area contributed by atoms with Crippen LogP contribution in [0, 0.1) is 5.92 Å². The van der Waals surface area contributed by atoms with Gasteiger partial charge in [0.2, 0.25) is 0 Å². The Bertz CT molecular complexity index is 520. The zero-order valence-corrected chi connectivity index (χ0v) is 10.1. The van der Waals surface area contributed by atoms with Crippen LogP contribution in [0.1, 0.15) is 18.9 Å². The highest BCUT2D eigenvalue weighted by atomic mass is 32.1. The highest BCUT2D eigenvalue weighted by Gasteiger charge is 2.31. The van der Waals surface area contributed by atoms with Crippen LogP contribution < -0.4 is 11.1 Å². The molecule has 1 aliphatic rings. The van der Waals surface area contributed by atoms with Gasteiger partial charge in [-0.3, -0.25) is 0 Å². The third kappa shape index (κ3) is 1.90. The van der Waals surface area contributed by atoms with Gasteiger partial charge in [0.05, 0.1) is 10.2 Å². The molecule has 4 heteroatoms. The average molecular weight is 233 g/mol. The fourth-order valence-corrected chi connectivity index (χ4v) is 2.75. The normalized spacial score (nSPS) is 23.8. The summed E-state index contributed by atoms with van der Waals surface area (Å²) in [5.41, 5.74) is 8.00. The highest BCUT2D eigenvalue weighted by Crippen LogP contribution is 2.30. The lowest BCUT2D eigenvalue weighted by Crippen LogP contribution is -2.16. The predicted molar refractivity (Wildman–Crippen MR) is 68.4 cm³/mol. The number of benzene rings is 1. The summed E-state index contributed by atoms with van der Waals surface area (Å²) < 4.78 is 1.18. The van der Waals surface area contributed by atoms with Gasteiger partial charge in [-0.05, 0) is 30.0 Å². The Balaban J connectivity index is 1.76. The Kier molecular flexibility index (Phi) is 2.33. The van der Waals surface area contributed by atoms with Crippen molar-refractivity contribution >= 4 is 26.7 Å². The van der Waals surface area contributed by atoms with Crippen LogP contribution in [-0.2, 0) is 6.54 Å². The Morgan fingerprint density at radius 1 is 1.56 bits per heavy atom. The number of nitrogens with one attached hydrogen (secondary N) is 1. The summed E-state index contributed by atoms with van der Waals surface area (Å²) in [6.07, 6.45) is 1.32. The van der Waals surface area contributed by atoms with Crippen LogP contribution in [0.4, 0.5) is 5.13 Å². The first kappa shape index (κ1) is 10.1. The molecule has 16 heavy (non-hydrogen) atoms. The van der Waals surface area contributed by atoms with Crippen molar-refractivity contribution in [2.24, 2.45) is 5.92 Å². The molecular formula is C12H15N3S. The second-order valence-electron chi connectivity index (χ2n) is 4.55. The Hall–Kier alpha value is -1.13. The topological polar surface area (TPSA) is 50.9 Å². The van der Waals surface area contributed by atoms with Crippen LogP contribution in [0.5, 0.6) is 0 Å². The number of thiazole rings is 1. The molecule has 0 bridgehead atoms. The van der Waals surface area contributed by atoms with Gasteiger partial charge in [0.15, 0.2) is 5.13 Å². The molecule has 2 atom stereocenters. The minimum Gasteiger partial charge on any atom is -0.375 e. The summed E-state index contributed by atoms with van der Waals surface area (Å²) in [5, 5.41) is 4.20.